The van der Waals surface area contributed by atoms with Crippen LogP contribution in [0.3, 0.4) is 0 Å². The van der Waals surface area contributed by atoms with E-state index in [0.717, 1.165) is 16.6 Å². The second-order valence-corrected chi connectivity index (χ2v) is 5.96. The van der Waals surface area contributed by atoms with E-state index in [2.05, 4.69) is 16.9 Å². The zero-order valence-electron chi connectivity index (χ0n) is 11.4. The zero-order chi connectivity index (χ0) is 14.8. The Morgan fingerprint density at radius 2 is 2.24 bits per heavy atom. The number of amides is 2. The number of hydrogen-bond donors (Lipinski definition) is 1. The first-order valence-corrected chi connectivity index (χ1v) is 7.57. The van der Waals surface area contributed by atoms with Crippen LogP contribution in [0.5, 0.6) is 0 Å². The number of carbonyl (C=O) groups excluding carboxylic acids is 2. The molecule has 1 aromatic heterocycles. The van der Waals surface area contributed by atoms with E-state index in [4.69, 9.17) is 0 Å². The number of rotatable bonds is 3. The van der Waals surface area contributed by atoms with Crippen LogP contribution in [-0.4, -0.2) is 40.8 Å². The first kappa shape index (κ1) is 13.8. The summed E-state index contributed by atoms with van der Waals surface area (Å²) < 4.78 is 0.998. The maximum atomic E-state index is 12.2. The molecule has 2 aromatic rings. The van der Waals surface area contributed by atoms with Crippen molar-refractivity contribution in [1.29, 1.82) is 0 Å². The monoisotopic (exact) mass is 301 g/mol. The lowest BCUT2D eigenvalue weighted by molar-refractivity contribution is -0.125. The van der Waals surface area contributed by atoms with Crippen LogP contribution in [0.15, 0.2) is 36.9 Å². The van der Waals surface area contributed by atoms with Crippen LogP contribution < -0.4 is 5.32 Å². The minimum Gasteiger partial charge on any atom is -0.345 e. The molecule has 0 radical (unpaired) electrons. The Morgan fingerprint density at radius 1 is 1.43 bits per heavy atom. The van der Waals surface area contributed by atoms with Crippen molar-refractivity contribution in [2.24, 2.45) is 0 Å². The predicted molar refractivity (Wildman–Crippen MR) is 82.3 cm³/mol. The van der Waals surface area contributed by atoms with Crippen LogP contribution in [-0.2, 0) is 4.79 Å². The van der Waals surface area contributed by atoms with E-state index >= 15 is 0 Å². The summed E-state index contributed by atoms with van der Waals surface area (Å²) in [5.41, 5.74) is 0.836. The third kappa shape index (κ3) is 2.80. The number of fused-ring (bicyclic) bond motifs is 1. The standard InChI is InChI=1S/C15H15N3O2S/c1-2-13(19)18-8-7-10(9-18)16-14(20)15-17-11-5-3-4-6-12(11)21-15/h2-6,10H,1,7-9H2,(H,16,20)/t10-/m0/s1. The lowest BCUT2D eigenvalue weighted by Gasteiger charge is -2.14. The number of likely N-dealkylation sites (tertiary alicyclic amines) is 1. The predicted octanol–water partition coefficient (Wildman–Crippen LogP) is 1.81. The quantitative estimate of drug-likeness (QED) is 0.880. The molecule has 2 amide bonds. The number of nitrogens with one attached hydrogen (secondary N) is 1. The van der Waals surface area contributed by atoms with Crippen molar-refractivity contribution >= 4 is 33.4 Å². The molecule has 0 unspecified atom stereocenters. The number of para-hydroxylation sites is 1. The summed E-state index contributed by atoms with van der Waals surface area (Å²) >= 11 is 1.38. The molecule has 0 saturated carbocycles. The van der Waals surface area contributed by atoms with Crippen molar-refractivity contribution in [1.82, 2.24) is 15.2 Å². The van der Waals surface area contributed by atoms with Crippen LogP contribution in [0.2, 0.25) is 0 Å². The number of carbonyl (C=O) groups is 2. The fourth-order valence-electron chi connectivity index (χ4n) is 2.42. The van der Waals surface area contributed by atoms with Gasteiger partial charge >= 0.3 is 0 Å². The van der Waals surface area contributed by atoms with Gasteiger partial charge in [0.25, 0.3) is 5.91 Å². The largest absolute Gasteiger partial charge is 0.345 e. The van der Waals surface area contributed by atoms with Crippen molar-refractivity contribution in [2.75, 3.05) is 13.1 Å². The van der Waals surface area contributed by atoms with E-state index in [0.29, 0.717) is 18.1 Å². The molecule has 1 fully saturated rings. The number of thiazole rings is 1. The van der Waals surface area contributed by atoms with Crippen molar-refractivity contribution in [3.8, 4) is 0 Å². The molecule has 0 bridgehead atoms. The smallest absolute Gasteiger partial charge is 0.280 e. The Balaban J connectivity index is 1.67. The van der Waals surface area contributed by atoms with Gasteiger partial charge < -0.3 is 10.2 Å². The average molecular weight is 301 g/mol. The van der Waals surface area contributed by atoms with Gasteiger partial charge in [-0.1, -0.05) is 18.7 Å². The highest BCUT2D eigenvalue weighted by atomic mass is 32.1. The molecule has 108 valence electrons. The molecule has 6 heteroatoms. The summed E-state index contributed by atoms with van der Waals surface area (Å²) in [4.78, 5) is 29.8. The Kier molecular flexibility index (Phi) is 3.70. The van der Waals surface area contributed by atoms with Gasteiger partial charge in [-0.2, -0.15) is 0 Å². The van der Waals surface area contributed by atoms with Gasteiger partial charge in [0.2, 0.25) is 5.91 Å². The van der Waals surface area contributed by atoms with Crippen molar-refractivity contribution < 1.29 is 9.59 Å². The molecule has 0 aliphatic carbocycles. The zero-order valence-corrected chi connectivity index (χ0v) is 12.2. The van der Waals surface area contributed by atoms with Crippen molar-refractivity contribution in [3.05, 3.63) is 41.9 Å². The van der Waals surface area contributed by atoms with Gasteiger partial charge in [0.05, 0.1) is 10.2 Å². The number of hydrogen-bond acceptors (Lipinski definition) is 4. The molecule has 1 aliphatic rings. The van der Waals surface area contributed by atoms with Crippen LogP contribution in [0.4, 0.5) is 0 Å². The first-order valence-electron chi connectivity index (χ1n) is 6.75. The molecule has 0 spiro atoms. The minimum absolute atomic E-state index is 0.0200. The van der Waals surface area contributed by atoms with Gasteiger partial charge in [0.1, 0.15) is 0 Å². The molecule has 3 rings (SSSR count). The maximum Gasteiger partial charge on any atom is 0.280 e. The fourth-order valence-corrected chi connectivity index (χ4v) is 3.29. The minimum atomic E-state index is -0.172. The summed E-state index contributed by atoms with van der Waals surface area (Å²) in [5, 5.41) is 3.41. The topological polar surface area (TPSA) is 62.3 Å². The second-order valence-electron chi connectivity index (χ2n) is 4.93. The van der Waals surface area contributed by atoms with Gasteiger partial charge in [-0.25, -0.2) is 4.98 Å². The van der Waals surface area contributed by atoms with Gasteiger partial charge in [0, 0.05) is 19.1 Å². The molecule has 5 nitrogen and oxygen atoms in total. The van der Waals surface area contributed by atoms with Gasteiger partial charge in [-0.3, -0.25) is 9.59 Å². The Morgan fingerprint density at radius 3 is 3.00 bits per heavy atom. The van der Waals surface area contributed by atoms with Crippen molar-refractivity contribution in [2.45, 2.75) is 12.5 Å². The third-order valence-corrected chi connectivity index (χ3v) is 4.53. The highest BCUT2D eigenvalue weighted by Gasteiger charge is 2.27. The van der Waals surface area contributed by atoms with E-state index in [1.165, 1.54) is 17.4 Å². The first-order chi connectivity index (χ1) is 10.2. The van der Waals surface area contributed by atoms with E-state index in [9.17, 15) is 9.59 Å². The van der Waals surface area contributed by atoms with Crippen LogP contribution in [0.25, 0.3) is 10.2 Å². The fraction of sp³-hybridized carbons (Fsp3) is 0.267. The van der Waals surface area contributed by atoms with Crippen LogP contribution in [0, 0.1) is 0 Å². The Bertz CT molecular complexity index is 677. The SMILES string of the molecule is C=CC(=O)N1CC[C@H](NC(=O)c2nc3ccccc3s2)C1. The third-order valence-electron chi connectivity index (χ3n) is 3.50. The molecular formula is C15H15N3O2S. The molecule has 1 saturated heterocycles. The Hall–Kier alpha value is -2.21. The van der Waals surface area contributed by atoms with Gasteiger partial charge in [0.15, 0.2) is 5.01 Å². The van der Waals surface area contributed by atoms with E-state index in [1.807, 2.05) is 24.3 Å². The van der Waals surface area contributed by atoms with Crippen LogP contribution >= 0.6 is 11.3 Å². The maximum absolute atomic E-state index is 12.2. The lowest BCUT2D eigenvalue weighted by Crippen LogP contribution is -2.38. The molecule has 1 aromatic carbocycles. The lowest BCUT2D eigenvalue weighted by atomic mass is 10.2. The van der Waals surface area contributed by atoms with Gasteiger partial charge in [-0.05, 0) is 24.6 Å². The van der Waals surface area contributed by atoms with E-state index in [-0.39, 0.29) is 17.9 Å². The number of nitrogens with zero attached hydrogens (tertiary/aromatic N) is 2. The second kappa shape index (κ2) is 5.65. The molecule has 1 atom stereocenters. The molecular weight excluding hydrogens is 286 g/mol. The average Bonchev–Trinajstić information content (AvgIpc) is 3.12. The van der Waals surface area contributed by atoms with E-state index < -0.39 is 0 Å². The normalized spacial score (nSPS) is 17.9. The highest BCUT2D eigenvalue weighted by Crippen LogP contribution is 2.21. The number of benzene rings is 1. The summed E-state index contributed by atoms with van der Waals surface area (Å²) in [6.45, 7) is 4.65. The Labute approximate surface area is 126 Å². The van der Waals surface area contributed by atoms with Gasteiger partial charge in [-0.15, -0.1) is 11.3 Å². The summed E-state index contributed by atoms with van der Waals surface area (Å²) in [5.74, 6) is -0.263. The van der Waals surface area contributed by atoms with E-state index in [1.54, 1.807) is 4.90 Å². The highest BCUT2D eigenvalue weighted by molar-refractivity contribution is 7.20. The van der Waals surface area contributed by atoms with Crippen molar-refractivity contribution in [3.63, 3.8) is 0 Å². The van der Waals surface area contributed by atoms with Crippen LogP contribution in [0.1, 0.15) is 16.2 Å². The molecule has 2 heterocycles. The molecule has 21 heavy (non-hydrogen) atoms. The summed E-state index contributed by atoms with van der Waals surface area (Å²) in [6.07, 6.45) is 2.06. The summed E-state index contributed by atoms with van der Waals surface area (Å²) in [7, 11) is 0. The molecule has 1 aliphatic heterocycles. The molecule has 1 N–H and O–H groups in total. The summed E-state index contributed by atoms with van der Waals surface area (Å²) in [6, 6.07) is 7.65. The number of aromatic nitrogens is 1.